The van der Waals surface area contributed by atoms with Crippen LogP contribution in [0.2, 0.25) is 0 Å². The molecule has 2 aromatic rings. The van der Waals surface area contributed by atoms with Gasteiger partial charge in [0, 0.05) is 45.2 Å². The van der Waals surface area contributed by atoms with Crippen LogP contribution in [0.4, 0.5) is 4.79 Å². The molecule has 6 heteroatoms. The van der Waals surface area contributed by atoms with E-state index in [1.807, 2.05) is 24.3 Å². The molecule has 1 aliphatic rings. The van der Waals surface area contributed by atoms with Crippen LogP contribution in [0.15, 0.2) is 48.5 Å². The van der Waals surface area contributed by atoms with Crippen molar-refractivity contribution in [2.75, 3.05) is 39.9 Å². The van der Waals surface area contributed by atoms with Crippen LogP contribution in [0.3, 0.4) is 0 Å². The Kier molecular flexibility index (Phi) is 6.54. The number of piperazine rings is 1. The first kappa shape index (κ1) is 19.0. The minimum absolute atomic E-state index is 0.578. The fourth-order valence-corrected chi connectivity index (χ4v) is 3.14. The standard InChI is InChI=1S/C21H26N2O4/c1-26-19-3-2-4-20(15-19)27-14-9-17-5-7-18(8-6-17)16-22-10-12-23(13-11-22)21(24)25/h2-8,15H,9-14,16H2,1H3,(H,24,25). The summed E-state index contributed by atoms with van der Waals surface area (Å²) in [6, 6.07) is 16.2. The third kappa shape index (κ3) is 5.62. The first-order valence-electron chi connectivity index (χ1n) is 9.19. The highest BCUT2D eigenvalue weighted by molar-refractivity contribution is 5.65. The van der Waals surface area contributed by atoms with E-state index < -0.39 is 6.09 Å². The van der Waals surface area contributed by atoms with Crippen LogP contribution in [0.25, 0.3) is 0 Å². The van der Waals surface area contributed by atoms with Crippen molar-refractivity contribution >= 4 is 6.09 Å². The summed E-state index contributed by atoms with van der Waals surface area (Å²) in [6.45, 7) is 4.19. The predicted octanol–water partition coefficient (Wildman–Crippen LogP) is 3.11. The Bertz CT molecular complexity index is 740. The van der Waals surface area contributed by atoms with E-state index in [0.29, 0.717) is 19.7 Å². The van der Waals surface area contributed by atoms with E-state index in [1.165, 1.54) is 16.0 Å². The first-order chi connectivity index (χ1) is 13.1. The third-order valence-electron chi connectivity index (χ3n) is 4.77. The average molecular weight is 370 g/mol. The van der Waals surface area contributed by atoms with E-state index >= 15 is 0 Å². The maximum absolute atomic E-state index is 11.0. The maximum Gasteiger partial charge on any atom is 0.407 e. The summed E-state index contributed by atoms with van der Waals surface area (Å²) in [7, 11) is 1.65. The summed E-state index contributed by atoms with van der Waals surface area (Å²) in [5.74, 6) is 1.60. The quantitative estimate of drug-likeness (QED) is 0.811. The highest BCUT2D eigenvalue weighted by Crippen LogP contribution is 2.19. The summed E-state index contributed by atoms with van der Waals surface area (Å²) in [4.78, 5) is 14.7. The molecule has 1 aliphatic heterocycles. The van der Waals surface area contributed by atoms with Crippen LogP contribution in [-0.2, 0) is 13.0 Å². The van der Waals surface area contributed by atoms with E-state index in [1.54, 1.807) is 7.11 Å². The molecule has 0 radical (unpaired) electrons. The van der Waals surface area contributed by atoms with Crippen molar-refractivity contribution in [3.63, 3.8) is 0 Å². The van der Waals surface area contributed by atoms with Crippen molar-refractivity contribution in [3.8, 4) is 11.5 Å². The van der Waals surface area contributed by atoms with Gasteiger partial charge in [-0.2, -0.15) is 0 Å². The second kappa shape index (κ2) is 9.28. The molecule has 0 unspecified atom stereocenters. The number of hydrogen-bond acceptors (Lipinski definition) is 4. The van der Waals surface area contributed by atoms with Gasteiger partial charge in [0.05, 0.1) is 13.7 Å². The smallest absolute Gasteiger partial charge is 0.407 e. The van der Waals surface area contributed by atoms with E-state index in [-0.39, 0.29) is 0 Å². The molecule has 1 N–H and O–H groups in total. The lowest BCUT2D eigenvalue weighted by Crippen LogP contribution is -2.47. The fraction of sp³-hybridized carbons (Fsp3) is 0.381. The van der Waals surface area contributed by atoms with Crippen molar-refractivity contribution in [2.24, 2.45) is 0 Å². The Labute approximate surface area is 159 Å². The van der Waals surface area contributed by atoms with Crippen LogP contribution >= 0.6 is 0 Å². The molecular formula is C21H26N2O4. The third-order valence-corrected chi connectivity index (χ3v) is 4.77. The number of ether oxygens (including phenoxy) is 2. The highest BCUT2D eigenvalue weighted by Gasteiger charge is 2.20. The molecule has 1 fully saturated rings. The average Bonchev–Trinajstić information content (AvgIpc) is 2.70. The molecule has 144 valence electrons. The zero-order chi connectivity index (χ0) is 19.1. The lowest BCUT2D eigenvalue weighted by molar-refractivity contribution is 0.103. The Morgan fingerprint density at radius 3 is 2.33 bits per heavy atom. The first-order valence-corrected chi connectivity index (χ1v) is 9.19. The van der Waals surface area contributed by atoms with Gasteiger partial charge in [-0.25, -0.2) is 4.79 Å². The van der Waals surface area contributed by atoms with Crippen molar-refractivity contribution in [3.05, 3.63) is 59.7 Å². The Morgan fingerprint density at radius 1 is 1.00 bits per heavy atom. The monoisotopic (exact) mass is 370 g/mol. The number of carboxylic acid groups (broad SMARTS) is 1. The van der Waals surface area contributed by atoms with Gasteiger partial charge in [-0.05, 0) is 23.3 Å². The normalized spacial score (nSPS) is 14.8. The summed E-state index contributed by atoms with van der Waals surface area (Å²) < 4.78 is 11.0. The molecule has 1 amide bonds. The molecule has 0 bridgehead atoms. The number of methoxy groups -OCH3 is 1. The maximum atomic E-state index is 11.0. The van der Waals surface area contributed by atoms with Gasteiger partial charge in [-0.3, -0.25) is 4.90 Å². The number of benzene rings is 2. The van der Waals surface area contributed by atoms with Crippen molar-refractivity contribution in [1.82, 2.24) is 9.80 Å². The minimum Gasteiger partial charge on any atom is -0.497 e. The zero-order valence-electron chi connectivity index (χ0n) is 15.6. The van der Waals surface area contributed by atoms with Crippen molar-refractivity contribution in [1.29, 1.82) is 0 Å². The van der Waals surface area contributed by atoms with E-state index in [2.05, 4.69) is 29.2 Å². The van der Waals surface area contributed by atoms with Gasteiger partial charge in [0.15, 0.2) is 0 Å². The number of amides is 1. The zero-order valence-corrected chi connectivity index (χ0v) is 15.6. The molecule has 27 heavy (non-hydrogen) atoms. The van der Waals surface area contributed by atoms with Crippen LogP contribution in [0, 0.1) is 0 Å². The number of nitrogens with zero attached hydrogens (tertiary/aromatic N) is 2. The molecule has 0 aromatic heterocycles. The van der Waals surface area contributed by atoms with Crippen molar-refractivity contribution < 1.29 is 19.4 Å². The molecule has 0 saturated carbocycles. The molecule has 2 aromatic carbocycles. The summed E-state index contributed by atoms with van der Waals surface area (Å²) in [5, 5.41) is 9.01. The lowest BCUT2D eigenvalue weighted by Gasteiger charge is -2.33. The molecular weight excluding hydrogens is 344 g/mol. The van der Waals surface area contributed by atoms with Crippen molar-refractivity contribution in [2.45, 2.75) is 13.0 Å². The minimum atomic E-state index is -0.824. The highest BCUT2D eigenvalue weighted by atomic mass is 16.5. The van der Waals surface area contributed by atoms with E-state index in [0.717, 1.165) is 37.6 Å². The molecule has 1 heterocycles. The van der Waals surface area contributed by atoms with Gasteiger partial charge in [0.1, 0.15) is 11.5 Å². The SMILES string of the molecule is COc1cccc(OCCc2ccc(CN3CCN(C(=O)O)CC3)cc2)c1. The van der Waals surface area contributed by atoms with E-state index in [9.17, 15) is 4.79 Å². The molecule has 0 aliphatic carbocycles. The van der Waals surface area contributed by atoms with Gasteiger partial charge in [0.25, 0.3) is 0 Å². The molecule has 3 rings (SSSR count). The largest absolute Gasteiger partial charge is 0.497 e. The van der Waals surface area contributed by atoms with Crippen LogP contribution in [0.1, 0.15) is 11.1 Å². The number of rotatable bonds is 7. The fourth-order valence-electron chi connectivity index (χ4n) is 3.14. The topological polar surface area (TPSA) is 62.2 Å². The second-order valence-corrected chi connectivity index (χ2v) is 6.64. The molecule has 1 saturated heterocycles. The Balaban J connectivity index is 1.43. The Morgan fingerprint density at radius 2 is 1.67 bits per heavy atom. The molecule has 0 atom stereocenters. The van der Waals surface area contributed by atoms with Gasteiger partial charge in [-0.1, -0.05) is 30.3 Å². The lowest BCUT2D eigenvalue weighted by atomic mass is 10.1. The van der Waals surface area contributed by atoms with Crippen LogP contribution in [-0.4, -0.2) is 60.9 Å². The van der Waals surface area contributed by atoms with Crippen LogP contribution < -0.4 is 9.47 Å². The van der Waals surface area contributed by atoms with Gasteiger partial charge < -0.3 is 19.5 Å². The van der Waals surface area contributed by atoms with Gasteiger partial charge in [0.2, 0.25) is 0 Å². The summed E-state index contributed by atoms with van der Waals surface area (Å²) >= 11 is 0. The van der Waals surface area contributed by atoms with Gasteiger partial charge in [-0.15, -0.1) is 0 Å². The Hall–Kier alpha value is -2.73. The second-order valence-electron chi connectivity index (χ2n) is 6.64. The summed E-state index contributed by atoms with van der Waals surface area (Å²) in [5.41, 5.74) is 2.48. The molecule has 0 spiro atoms. The summed E-state index contributed by atoms with van der Waals surface area (Å²) in [6.07, 6.45) is 0.0181. The number of hydrogen-bond donors (Lipinski definition) is 1. The molecule has 6 nitrogen and oxygen atoms in total. The van der Waals surface area contributed by atoms with Gasteiger partial charge >= 0.3 is 6.09 Å². The number of carbonyl (C=O) groups is 1. The van der Waals surface area contributed by atoms with Crippen LogP contribution in [0.5, 0.6) is 11.5 Å². The predicted molar refractivity (Wildman–Crippen MR) is 104 cm³/mol. The van der Waals surface area contributed by atoms with E-state index in [4.69, 9.17) is 14.6 Å².